The molecule has 2 rings (SSSR count). The minimum atomic E-state index is -4.66. The molecule has 0 spiro atoms. The Morgan fingerprint density at radius 2 is 2.00 bits per heavy atom. The number of rotatable bonds is 2. The molecule has 1 unspecified atom stereocenters. The molecule has 2 amide bonds. The molecule has 9 heteroatoms. The molecule has 0 aromatic heterocycles. The zero-order valence-corrected chi connectivity index (χ0v) is 11.2. The fourth-order valence-corrected chi connectivity index (χ4v) is 2.14. The maximum Gasteiger partial charge on any atom is 0.416 e. The highest BCUT2D eigenvalue weighted by Gasteiger charge is 2.33. The van der Waals surface area contributed by atoms with Crippen LogP contribution in [0.5, 0.6) is 0 Å². The highest BCUT2D eigenvalue weighted by atomic mass is 19.4. The summed E-state index contributed by atoms with van der Waals surface area (Å²) in [4.78, 5) is 23.8. The second-order valence-electron chi connectivity index (χ2n) is 4.89. The lowest BCUT2D eigenvalue weighted by atomic mass is 10.1. The third-order valence-electron chi connectivity index (χ3n) is 3.36. The molecule has 1 aromatic carbocycles. The van der Waals surface area contributed by atoms with E-state index in [2.05, 4.69) is 0 Å². The number of urea groups is 1. The summed E-state index contributed by atoms with van der Waals surface area (Å²) in [5, 5.41) is 10.9. The van der Waals surface area contributed by atoms with Crippen molar-refractivity contribution in [3.05, 3.63) is 29.6 Å². The Hall–Kier alpha value is -2.32. The number of carboxylic acids is 1. The molecule has 1 saturated heterocycles. The molecular formula is C13H12F4N2O3. The van der Waals surface area contributed by atoms with Crippen LogP contribution in [0.1, 0.15) is 12.0 Å². The molecule has 1 heterocycles. The Balaban J connectivity index is 2.10. The first-order chi connectivity index (χ1) is 10.2. The Labute approximate surface area is 122 Å². The minimum Gasteiger partial charge on any atom is -0.481 e. The van der Waals surface area contributed by atoms with Crippen LogP contribution in [0.15, 0.2) is 18.2 Å². The van der Waals surface area contributed by atoms with Crippen molar-refractivity contribution in [2.45, 2.75) is 12.6 Å². The summed E-state index contributed by atoms with van der Waals surface area (Å²) in [5.41, 5.74) is -1.69. The predicted molar refractivity (Wildman–Crippen MR) is 67.7 cm³/mol. The molecule has 0 saturated carbocycles. The van der Waals surface area contributed by atoms with E-state index >= 15 is 0 Å². The first-order valence-electron chi connectivity index (χ1n) is 6.34. The average molecular weight is 320 g/mol. The first kappa shape index (κ1) is 16.1. The number of halogens is 4. The number of alkyl halides is 3. The Kier molecular flexibility index (Phi) is 4.25. The maximum absolute atomic E-state index is 13.5. The van der Waals surface area contributed by atoms with Gasteiger partial charge < -0.3 is 15.3 Å². The number of nitrogens with zero attached hydrogens (tertiary/aromatic N) is 1. The van der Waals surface area contributed by atoms with Gasteiger partial charge in [0.25, 0.3) is 0 Å². The van der Waals surface area contributed by atoms with Crippen LogP contribution in [-0.2, 0) is 11.0 Å². The van der Waals surface area contributed by atoms with E-state index in [1.807, 2.05) is 5.32 Å². The third kappa shape index (κ3) is 3.46. The van der Waals surface area contributed by atoms with Crippen LogP contribution in [0.2, 0.25) is 0 Å². The normalized spacial score (nSPS) is 18.4. The van der Waals surface area contributed by atoms with Crippen LogP contribution in [-0.4, -0.2) is 35.1 Å². The Morgan fingerprint density at radius 1 is 1.32 bits per heavy atom. The van der Waals surface area contributed by atoms with Crippen LogP contribution in [0.3, 0.4) is 0 Å². The van der Waals surface area contributed by atoms with Gasteiger partial charge >= 0.3 is 18.2 Å². The van der Waals surface area contributed by atoms with Crippen molar-refractivity contribution in [2.24, 2.45) is 5.92 Å². The van der Waals surface area contributed by atoms with Crippen molar-refractivity contribution in [3.63, 3.8) is 0 Å². The number of anilines is 1. The fourth-order valence-electron chi connectivity index (χ4n) is 2.14. The van der Waals surface area contributed by atoms with Crippen molar-refractivity contribution in [3.8, 4) is 0 Å². The smallest absolute Gasteiger partial charge is 0.416 e. The number of aliphatic carboxylic acids is 1. The zero-order valence-electron chi connectivity index (χ0n) is 11.2. The van der Waals surface area contributed by atoms with Crippen molar-refractivity contribution >= 4 is 17.7 Å². The highest BCUT2D eigenvalue weighted by molar-refractivity contribution is 5.90. The summed E-state index contributed by atoms with van der Waals surface area (Å²) >= 11 is 0. The molecule has 1 aromatic rings. The van der Waals surface area contributed by atoms with Gasteiger partial charge in [0, 0.05) is 13.1 Å². The molecule has 1 atom stereocenters. The number of amides is 2. The number of likely N-dealkylation sites (tertiary alicyclic amines) is 1. The molecule has 5 nitrogen and oxygen atoms in total. The summed E-state index contributed by atoms with van der Waals surface area (Å²) in [6.45, 7) is 0.0745. The molecule has 120 valence electrons. The molecule has 22 heavy (non-hydrogen) atoms. The van der Waals surface area contributed by atoms with Gasteiger partial charge in [-0.3, -0.25) is 4.79 Å². The lowest BCUT2D eigenvalue weighted by molar-refractivity contribution is -0.141. The summed E-state index contributed by atoms with van der Waals surface area (Å²) in [6.07, 6.45) is -4.41. The van der Waals surface area contributed by atoms with E-state index in [1.54, 1.807) is 0 Å². The van der Waals surface area contributed by atoms with Gasteiger partial charge in [-0.25, -0.2) is 9.18 Å². The summed E-state index contributed by atoms with van der Waals surface area (Å²) in [7, 11) is 0. The summed E-state index contributed by atoms with van der Waals surface area (Å²) in [5.74, 6) is -2.78. The molecule has 1 fully saturated rings. The molecular weight excluding hydrogens is 308 g/mol. The van der Waals surface area contributed by atoms with Crippen molar-refractivity contribution in [1.29, 1.82) is 0 Å². The topological polar surface area (TPSA) is 69.6 Å². The van der Waals surface area contributed by atoms with Crippen LogP contribution in [0.25, 0.3) is 0 Å². The van der Waals surface area contributed by atoms with Crippen molar-refractivity contribution < 1.29 is 32.3 Å². The quantitative estimate of drug-likeness (QED) is 0.823. The molecule has 0 aliphatic carbocycles. The predicted octanol–water partition coefficient (Wildman–Crippen LogP) is 2.78. The molecule has 0 radical (unpaired) electrons. The van der Waals surface area contributed by atoms with E-state index in [1.165, 1.54) is 0 Å². The molecule has 1 aliphatic heterocycles. The van der Waals surface area contributed by atoms with E-state index in [0.29, 0.717) is 18.2 Å². The standard InChI is InChI=1S/C13H12F4N2O3/c14-9-2-1-8(13(15,16)17)5-10(9)18-12(22)19-4-3-7(6-19)11(20)21/h1-2,5,7H,3-4,6H2,(H,18,22)(H,20,21). The second kappa shape index (κ2) is 5.82. The van der Waals surface area contributed by atoms with Gasteiger partial charge in [-0.2, -0.15) is 13.2 Å². The van der Waals surface area contributed by atoms with Gasteiger partial charge in [0.2, 0.25) is 0 Å². The fraction of sp³-hybridized carbons (Fsp3) is 0.385. The van der Waals surface area contributed by atoms with Crippen LogP contribution in [0, 0.1) is 11.7 Å². The number of carbonyl (C=O) groups is 2. The largest absolute Gasteiger partial charge is 0.481 e. The van der Waals surface area contributed by atoms with Gasteiger partial charge in [-0.15, -0.1) is 0 Å². The van der Waals surface area contributed by atoms with Crippen LogP contribution >= 0.6 is 0 Å². The second-order valence-corrected chi connectivity index (χ2v) is 4.89. The van der Waals surface area contributed by atoms with E-state index in [4.69, 9.17) is 5.11 Å². The van der Waals surface area contributed by atoms with Gasteiger partial charge in [0.05, 0.1) is 17.2 Å². The maximum atomic E-state index is 13.5. The van der Waals surface area contributed by atoms with Crippen molar-refractivity contribution in [2.75, 3.05) is 18.4 Å². The highest BCUT2D eigenvalue weighted by Crippen LogP contribution is 2.32. The molecule has 0 bridgehead atoms. The van der Waals surface area contributed by atoms with E-state index in [-0.39, 0.29) is 19.5 Å². The summed E-state index contributed by atoms with van der Waals surface area (Å²) in [6, 6.07) is 0.851. The van der Waals surface area contributed by atoms with E-state index in [0.717, 1.165) is 4.90 Å². The summed E-state index contributed by atoms with van der Waals surface area (Å²) < 4.78 is 51.2. The van der Waals surface area contributed by atoms with Gasteiger partial charge in [-0.1, -0.05) is 0 Å². The number of benzene rings is 1. The SMILES string of the molecule is O=C(O)C1CCN(C(=O)Nc2cc(C(F)(F)F)ccc2F)C1. The number of carboxylic acid groups (broad SMARTS) is 1. The number of hydrogen-bond acceptors (Lipinski definition) is 2. The van der Waals surface area contributed by atoms with E-state index < -0.39 is 41.2 Å². The third-order valence-corrected chi connectivity index (χ3v) is 3.36. The average Bonchev–Trinajstić information content (AvgIpc) is 2.89. The lowest BCUT2D eigenvalue weighted by Crippen LogP contribution is -2.34. The number of nitrogens with one attached hydrogen (secondary N) is 1. The lowest BCUT2D eigenvalue weighted by Gasteiger charge is -2.17. The molecule has 2 N–H and O–H groups in total. The van der Waals surface area contributed by atoms with Gasteiger partial charge in [0.1, 0.15) is 5.82 Å². The minimum absolute atomic E-state index is 0.0677. The Morgan fingerprint density at radius 3 is 2.55 bits per heavy atom. The van der Waals surface area contributed by atoms with E-state index in [9.17, 15) is 27.2 Å². The van der Waals surface area contributed by atoms with Crippen molar-refractivity contribution in [1.82, 2.24) is 4.90 Å². The van der Waals surface area contributed by atoms with Gasteiger partial charge in [0.15, 0.2) is 0 Å². The Bertz CT molecular complexity index is 603. The first-order valence-corrected chi connectivity index (χ1v) is 6.34. The number of hydrogen-bond donors (Lipinski definition) is 2. The number of carbonyl (C=O) groups excluding carboxylic acids is 1. The zero-order chi connectivity index (χ0) is 16.5. The van der Waals surface area contributed by atoms with Crippen LogP contribution < -0.4 is 5.32 Å². The van der Waals surface area contributed by atoms with Crippen LogP contribution in [0.4, 0.5) is 28.0 Å². The molecule has 1 aliphatic rings. The monoisotopic (exact) mass is 320 g/mol. The van der Waals surface area contributed by atoms with Gasteiger partial charge in [-0.05, 0) is 24.6 Å².